The summed E-state index contributed by atoms with van der Waals surface area (Å²) in [5.74, 6) is -2.01. The SMILES string of the molecule is C[C@@H](NC(=O)CCC(=O)N[C@@H](CCC#N)C(=O)O)c1ccccc1. The van der Waals surface area contributed by atoms with Crippen LogP contribution in [0.1, 0.15) is 44.2 Å². The first-order valence-electron chi connectivity index (χ1n) is 7.67. The normalized spacial score (nSPS) is 12.5. The van der Waals surface area contributed by atoms with Crippen molar-refractivity contribution in [2.75, 3.05) is 0 Å². The highest BCUT2D eigenvalue weighted by Crippen LogP contribution is 2.11. The molecule has 0 unspecified atom stereocenters. The number of carboxylic acids is 1. The number of carboxylic acid groups (broad SMARTS) is 1. The van der Waals surface area contributed by atoms with E-state index in [1.54, 1.807) is 0 Å². The molecule has 0 saturated carbocycles. The van der Waals surface area contributed by atoms with E-state index in [0.717, 1.165) is 5.56 Å². The summed E-state index contributed by atoms with van der Waals surface area (Å²) >= 11 is 0. The van der Waals surface area contributed by atoms with E-state index in [0.29, 0.717) is 0 Å². The summed E-state index contributed by atoms with van der Waals surface area (Å²) in [5.41, 5.74) is 0.956. The van der Waals surface area contributed by atoms with Gasteiger partial charge in [-0.2, -0.15) is 5.26 Å². The fourth-order valence-electron chi connectivity index (χ4n) is 2.10. The highest BCUT2D eigenvalue weighted by molar-refractivity contribution is 5.87. The Bertz CT molecular complexity index is 610. The highest BCUT2D eigenvalue weighted by Gasteiger charge is 2.20. The van der Waals surface area contributed by atoms with E-state index in [1.807, 2.05) is 43.3 Å². The number of amides is 2. The minimum atomic E-state index is -1.19. The molecule has 2 atom stereocenters. The first-order valence-corrected chi connectivity index (χ1v) is 7.67. The zero-order valence-electron chi connectivity index (χ0n) is 13.5. The molecule has 1 aromatic carbocycles. The third-order valence-electron chi connectivity index (χ3n) is 3.43. The minimum Gasteiger partial charge on any atom is -0.480 e. The van der Waals surface area contributed by atoms with Gasteiger partial charge in [-0.15, -0.1) is 0 Å². The van der Waals surface area contributed by atoms with Crippen LogP contribution in [-0.2, 0) is 14.4 Å². The van der Waals surface area contributed by atoms with Crippen LogP contribution in [0.3, 0.4) is 0 Å². The van der Waals surface area contributed by atoms with Crippen LogP contribution in [0.2, 0.25) is 0 Å². The first-order chi connectivity index (χ1) is 11.4. The lowest BCUT2D eigenvalue weighted by Gasteiger charge is -2.15. The summed E-state index contributed by atoms with van der Waals surface area (Å²) in [6.07, 6.45) is -0.0710. The molecule has 128 valence electrons. The van der Waals surface area contributed by atoms with Gasteiger partial charge < -0.3 is 15.7 Å². The van der Waals surface area contributed by atoms with Crippen LogP contribution in [0.4, 0.5) is 0 Å². The third kappa shape index (κ3) is 6.92. The maximum absolute atomic E-state index is 11.9. The van der Waals surface area contributed by atoms with Crippen LogP contribution in [-0.4, -0.2) is 28.9 Å². The molecule has 0 spiro atoms. The number of nitrogens with zero attached hydrogens (tertiary/aromatic N) is 1. The molecule has 0 aliphatic rings. The Hall–Kier alpha value is -2.88. The van der Waals surface area contributed by atoms with E-state index in [2.05, 4.69) is 10.6 Å². The van der Waals surface area contributed by atoms with Gasteiger partial charge in [0, 0.05) is 19.3 Å². The lowest BCUT2D eigenvalue weighted by atomic mass is 10.1. The molecule has 1 rings (SSSR count). The van der Waals surface area contributed by atoms with Crippen molar-refractivity contribution in [3.8, 4) is 6.07 Å². The second-order valence-corrected chi connectivity index (χ2v) is 5.36. The first kappa shape index (κ1) is 19.2. The standard InChI is InChI=1S/C17H21N3O4/c1-12(13-6-3-2-4-7-13)19-15(21)9-10-16(22)20-14(17(23)24)8-5-11-18/h2-4,6-7,12,14H,5,8-10H2,1H3,(H,19,21)(H,20,22)(H,23,24)/t12-,14+/m1/s1. The van der Waals surface area contributed by atoms with Crippen LogP contribution in [0.5, 0.6) is 0 Å². The molecule has 3 N–H and O–H groups in total. The summed E-state index contributed by atoms with van der Waals surface area (Å²) in [4.78, 5) is 34.6. The number of rotatable bonds is 9. The van der Waals surface area contributed by atoms with Crippen molar-refractivity contribution in [1.82, 2.24) is 10.6 Å². The molecule has 24 heavy (non-hydrogen) atoms. The number of hydrogen-bond donors (Lipinski definition) is 3. The molecule has 0 aliphatic heterocycles. The van der Waals surface area contributed by atoms with Crippen molar-refractivity contribution in [1.29, 1.82) is 5.26 Å². The van der Waals surface area contributed by atoms with Gasteiger partial charge in [-0.1, -0.05) is 30.3 Å². The Morgan fingerprint density at radius 3 is 2.25 bits per heavy atom. The van der Waals surface area contributed by atoms with Gasteiger partial charge in [0.25, 0.3) is 0 Å². The Morgan fingerprint density at radius 2 is 1.71 bits per heavy atom. The van der Waals surface area contributed by atoms with E-state index in [9.17, 15) is 14.4 Å². The van der Waals surface area contributed by atoms with Crippen molar-refractivity contribution in [3.05, 3.63) is 35.9 Å². The van der Waals surface area contributed by atoms with Gasteiger partial charge in [-0.25, -0.2) is 4.79 Å². The number of hydrogen-bond acceptors (Lipinski definition) is 4. The van der Waals surface area contributed by atoms with Gasteiger partial charge in [0.05, 0.1) is 12.1 Å². The van der Waals surface area contributed by atoms with Crippen molar-refractivity contribution in [2.45, 2.75) is 44.7 Å². The maximum atomic E-state index is 11.9. The smallest absolute Gasteiger partial charge is 0.326 e. The van der Waals surface area contributed by atoms with Crippen LogP contribution in [0.25, 0.3) is 0 Å². The monoisotopic (exact) mass is 331 g/mol. The Kier molecular flexibility index (Phi) is 7.99. The second kappa shape index (κ2) is 10.0. The van der Waals surface area contributed by atoms with Crippen LogP contribution in [0.15, 0.2) is 30.3 Å². The molecule has 2 amide bonds. The molecule has 0 aliphatic carbocycles. The number of nitriles is 1. The van der Waals surface area contributed by atoms with Gasteiger partial charge in [0.2, 0.25) is 11.8 Å². The average Bonchev–Trinajstić information content (AvgIpc) is 2.57. The molecular formula is C17H21N3O4. The minimum absolute atomic E-state index is 0.0341. The summed E-state index contributed by atoms with van der Waals surface area (Å²) in [6.45, 7) is 1.84. The Labute approximate surface area is 140 Å². The van der Waals surface area contributed by atoms with E-state index >= 15 is 0 Å². The summed E-state index contributed by atoms with van der Waals surface area (Å²) in [6, 6.07) is 9.97. The number of carbonyl (C=O) groups is 3. The third-order valence-corrected chi connectivity index (χ3v) is 3.43. The Balaban J connectivity index is 2.39. The quantitative estimate of drug-likeness (QED) is 0.634. The van der Waals surface area contributed by atoms with E-state index in [4.69, 9.17) is 10.4 Å². The zero-order valence-corrected chi connectivity index (χ0v) is 13.5. The molecule has 1 aromatic rings. The van der Waals surface area contributed by atoms with Crippen LogP contribution < -0.4 is 10.6 Å². The van der Waals surface area contributed by atoms with Crippen molar-refractivity contribution >= 4 is 17.8 Å². The predicted molar refractivity (Wildman–Crippen MR) is 86.6 cm³/mol. The predicted octanol–water partition coefficient (Wildman–Crippen LogP) is 1.52. The highest BCUT2D eigenvalue weighted by atomic mass is 16.4. The number of aliphatic carboxylic acids is 1. The van der Waals surface area contributed by atoms with Gasteiger partial charge in [-0.05, 0) is 18.9 Å². The number of carbonyl (C=O) groups excluding carboxylic acids is 2. The molecule has 0 radical (unpaired) electrons. The van der Waals surface area contributed by atoms with E-state index < -0.39 is 17.9 Å². The Morgan fingerprint density at radius 1 is 1.12 bits per heavy atom. The van der Waals surface area contributed by atoms with Crippen molar-refractivity contribution < 1.29 is 19.5 Å². The molecule has 0 fully saturated rings. The molecule has 0 bridgehead atoms. The molecule has 7 nitrogen and oxygen atoms in total. The molecule has 0 heterocycles. The molecule has 0 saturated heterocycles. The fourth-order valence-corrected chi connectivity index (χ4v) is 2.10. The largest absolute Gasteiger partial charge is 0.480 e. The zero-order chi connectivity index (χ0) is 17.9. The van der Waals surface area contributed by atoms with Crippen LogP contribution in [0, 0.1) is 11.3 Å². The lowest BCUT2D eigenvalue weighted by molar-refractivity contribution is -0.142. The fraction of sp³-hybridized carbons (Fsp3) is 0.412. The van der Waals surface area contributed by atoms with Crippen LogP contribution >= 0.6 is 0 Å². The second-order valence-electron chi connectivity index (χ2n) is 5.36. The summed E-state index contributed by atoms with van der Waals surface area (Å²) < 4.78 is 0. The average molecular weight is 331 g/mol. The van der Waals surface area contributed by atoms with Gasteiger partial charge >= 0.3 is 5.97 Å². The molecule has 0 aromatic heterocycles. The maximum Gasteiger partial charge on any atom is 0.326 e. The van der Waals surface area contributed by atoms with Crippen molar-refractivity contribution in [2.24, 2.45) is 0 Å². The van der Waals surface area contributed by atoms with E-state index in [-0.39, 0.29) is 37.6 Å². The van der Waals surface area contributed by atoms with Gasteiger partial charge in [0.15, 0.2) is 0 Å². The topological polar surface area (TPSA) is 119 Å². The summed E-state index contributed by atoms with van der Waals surface area (Å²) in [5, 5.41) is 22.5. The van der Waals surface area contributed by atoms with Gasteiger partial charge in [0.1, 0.15) is 6.04 Å². The van der Waals surface area contributed by atoms with Gasteiger partial charge in [-0.3, -0.25) is 9.59 Å². The molecule has 7 heteroatoms. The lowest BCUT2D eigenvalue weighted by Crippen LogP contribution is -2.41. The van der Waals surface area contributed by atoms with E-state index in [1.165, 1.54) is 0 Å². The number of benzene rings is 1. The van der Waals surface area contributed by atoms with Crippen molar-refractivity contribution in [3.63, 3.8) is 0 Å². The molecular weight excluding hydrogens is 310 g/mol. The number of nitrogens with one attached hydrogen (secondary N) is 2. The summed E-state index contributed by atoms with van der Waals surface area (Å²) in [7, 11) is 0.